The zero-order valence-electron chi connectivity index (χ0n) is 22.9. The lowest BCUT2D eigenvalue weighted by Gasteiger charge is -2.26. The van der Waals surface area contributed by atoms with Gasteiger partial charge in [-0.2, -0.15) is 22.0 Å². The van der Waals surface area contributed by atoms with Crippen LogP contribution in [0.3, 0.4) is 0 Å². The SMILES string of the molecule is Cn1cnnc1C(F)(c1cc(-c2cnc3c(C(F)(F)F)cc(CNCCOC(F)F)cn3c2=O)nc(C2CC2)c1)C1CC1. The first-order chi connectivity index (χ1) is 20.5. The maximum Gasteiger partial charge on any atom is 0.419 e. The molecule has 0 spiro atoms. The molecule has 2 aliphatic rings. The van der Waals surface area contributed by atoms with Crippen molar-refractivity contribution in [3.05, 3.63) is 75.5 Å². The highest BCUT2D eigenvalue weighted by molar-refractivity contribution is 5.63. The van der Waals surface area contributed by atoms with Crippen molar-refractivity contribution >= 4 is 5.65 Å². The minimum atomic E-state index is -4.84. The molecule has 228 valence electrons. The highest BCUT2D eigenvalue weighted by Crippen LogP contribution is 2.53. The Bertz CT molecular complexity index is 1710. The van der Waals surface area contributed by atoms with Gasteiger partial charge in [0.05, 0.1) is 23.4 Å². The first kappa shape index (κ1) is 29.2. The van der Waals surface area contributed by atoms with Gasteiger partial charge in [0.1, 0.15) is 6.33 Å². The van der Waals surface area contributed by atoms with Crippen LogP contribution in [0, 0.1) is 5.92 Å². The van der Waals surface area contributed by atoms with Crippen LogP contribution in [0.2, 0.25) is 0 Å². The molecular weight excluding hydrogens is 580 g/mol. The summed E-state index contributed by atoms with van der Waals surface area (Å²) in [5, 5.41) is 10.6. The maximum absolute atomic E-state index is 17.1. The van der Waals surface area contributed by atoms with Gasteiger partial charge in [-0.25, -0.2) is 9.37 Å². The zero-order valence-corrected chi connectivity index (χ0v) is 22.9. The Balaban J connectivity index is 1.45. The number of alkyl halides is 6. The fraction of sp³-hybridized carbons (Fsp3) is 0.464. The van der Waals surface area contributed by atoms with Gasteiger partial charge in [0.2, 0.25) is 0 Å². The first-order valence-corrected chi connectivity index (χ1v) is 13.7. The van der Waals surface area contributed by atoms with Gasteiger partial charge in [-0.05, 0) is 49.4 Å². The molecule has 4 aromatic rings. The van der Waals surface area contributed by atoms with E-state index in [-0.39, 0.29) is 59.7 Å². The quantitative estimate of drug-likeness (QED) is 0.194. The van der Waals surface area contributed by atoms with E-state index in [2.05, 4.69) is 30.2 Å². The Morgan fingerprint density at radius 3 is 2.51 bits per heavy atom. The minimum Gasteiger partial charge on any atom is -0.322 e. The molecule has 2 aliphatic carbocycles. The zero-order chi connectivity index (χ0) is 30.5. The van der Waals surface area contributed by atoms with Crippen LogP contribution < -0.4 is 10.9 Å². The van der Waals surface area contributed by atoms with E-state index in [1.807, 2.05) is 0 Å². The van der Waals surface area contributed by atoms with Crippen molar-refractivity contribution in [2.75, 3.05) is 13.2 Å². The van der Waals surface area contributed by atoms with Crippen molar-refractivity contribution in [3.63, 3.8) is 0 Å². The molecule has 1 N–H and O–H groups in total. The molecule has 0 aromatic carbocycles. The number of ether oxygens (including phenoxy) is 1. The van der Waals surface area contributed by atoms with Gasteiger partial charge < -0.3 is 14.6 Å². The molecule has 0 aliphatic heterocycles. The molecule has 1 atom stereocenters. The van der Waals surface area contributed by atoms with E-state index in [1.165, 1.54) is 23.2 Å². The molecular formula is C28H27F6N7O2. The number of aromatic nitrogens is 6. The number of nitrogens with zero attached hydrogens (tertiary/aromatic N) is 6. The van der Waals surface area contributed by atoms with E-state index in [0.717, 1.165) is 29.5 Å². The van der Waals surface area contributed by atoms with Crippen LogP contribution in [0.1, 0.15) is 59.8 Å². The normalized spacial score (nSPS) is 17.1. The predicted molar refractivity (Wildman–Crippen MR) is 141 cm³/mol. The fourth-order valence-corrected chi connectivity index (χ4v) is 5.30. The average molecular weight is 608 g/mol. The van der Waals surface area contributed by atoms with Crippen LogP contribution in [-0.2, 0) is 30.2 Å². The Kier molecular flexibility index (Phi) is 7.49. The molecule has 2 saturated carbocycles. The number of rotatable bonds is 11. The van der Waals surface area contributed by atoms with E-state index < -0.39 is 35.2 Å². The third-order valence-electron chi connectivity index (χ3n) is 7.73. The number of hydrogen-bond donors (Lipinski definition) is 1. The summed E-state index contributed by atoms with van der Waals surface area (Å²) in [6.07, 6.45) is 1.75. The summed E-state index contributed by atoms with van der Waals surface area (Å²) in [5.41, 5.74) is -3.68. The van der Waals surface area contributed by atoms with E-state index in [9.17, 15) is 26.7 Å². The van der Waals surface area contributed by atoms with Crippen molar-refractivity contribution in [1.29, 1.82) is 0 Å². The van der Waals surface area contributed by atoms with Crippen molar-refractivity contribution in [3.8, 4) is 11.3 Å². The minimum absolute atomic E-state index is 0.0604. The second-order valence-electron chi connectivity index (χ2n) is 10.9. The van der Waals surface area contributed by atoms with Gasteiger partial charge in [-0.1, -0.05) is 0 Å². The van der Waals surface area contributed by atoms with Gasteiger partial charge in [0, 0.05) is 55.6 Å². The van der Waals surface area contributed by atoms with Gasteiger partial charge in [-0.3, -0.25) is 14.2 Å². The second-order valence-corrected chi connectivity index (χ2v) is 10.9. The monoisotopic (exact) mass is 607 g/mol. The van der Waals surface area contributed by atoms with Gasteiger partial charge in [0.15, 0.2) is 17.1 Å². The van der Waals surface area contributed by atoms with Gasteiger partial charge in [-0.15, -0.1) is 10.2 Å². The molecule has 0 amide bonds. The number of halogens is 6. The summed E-state index contributed by atoms with van der Waals surface area (Å²) >= 11 is 0. The summed E-state index contributed by atoms with van der Waals surface area (Å²) in [4.78, 5) is 22.4. The average Bonchev–Trinajstić information content (AvgIpc) is 3.89. The van der Waals surface area contributed by atoms with Crippen LogP contribution in [0.5, 0.6) is 0 Å². The van der Waals surface area contributed by atoms with E-state index in [0.29, 0.717) is 18.5 Å². The molecule has 43 heavy (non-hydrogen) atoms. The van der Waals surface area contributed by atoms with E-state index >= 15 is 4.39 Å². The van der Waals surface area contributed by atoms with Crippen molar-refractivity contribution < 1.29 is 31.1 Å². The van der Waals surface area contributed by atoms with Crippen molar-refractivity contribution in [2.24, 2.45) is 13.0 Å². The van der Waals surface area contributed by atoms with Gasteiger partial charge >= 0.3 is 12.8 Å². The molecule has 0 saturated heterocycles. The Hall–Kier alpha value is -3.85. The highest BCUT2D eigenvalue weighted by Gasteiger charge is 2.52. The number of aryl methyl sites for hydroxylation is 1. The largest absolute Gasteiger partial charge is 0.419 e. The summed E-state index contributed by atoms with van der Waals surface area (Å²) in [6, 6.07) is 3.98. The lowest BCUT2D eigenvalue weighted by atomic mass is 9.88. The first-order valence-electron chi connectivity index (χ1n) is 13.7. The molecule has 0 radical (unpaired) electrons. The summed E-state index contributed by atoms with van der Waals surface area (Å²) < 4.78 is 90.0. The number of nitrogens with one attached hydrogen (secondary N) is 1. The second kappa shape index (κ2) is 11.0. The number of pyridine rings is 2. The van der Waals surface area contributed by atoms with Crippen LogP contribution in [0.25, 0.3) is 16.9 Å². The number of fused-ring (bicyclic) bond motifs is 1. The van der Waals surface area contributed by atoms with Crippen LogP contribution in [-0.4, -0.2) is 48.9 Å². The lowest BCUT2D eigenvalue weighted by molar-refractivity contribution is -0.136. The van der Waals surface area contributed by atoms with Crippen molar-refractivity contribution in [2.45, 2.75) is 56.6 Å². The van der Waals surface area contributed by atoms with Crippen LogP contribution >= 0.6 is 0 Å². The number of hydrogen-bond acceptors (Lipinski definition) is 7. The summed E-state index contributed by atoms with van der Waals surface area (Å²) in [6.45, 7) is -3.55. The molecule has 4 aromatic heterocycles. The summed E-state index contributed by atoms with van der Waals surface area (Å²) in [7, 11) is 1.64. The molecule has 15 heteroatoms. The molecule has 6 rings (SSSR count). The standard InChI is InChI=1S/C28H27F6N7O2/c1-40-14-37-39-25(40)27(31,17-4-5-17)18-9-21(16-2-3-16)38-22(10-18)19-12-36-23-20(28(32,33)34)8-15(13-41(23)24(19)42)11-35-6-7-43-26(29)30/h8-10,12-14,16-17,26,35H,2-7,11H2,1H3. The maximum atomic E-state index is 17.1. The Morgan fingerprint density at radius 2 is 1.88 bits per heavy atom. The molecule has 4 heterocycles. The van der Waals surface area contributed by atoms with E-state index in [4.69, 9.17) is 0 Å². The molecule has 2 fully saturated rings. The lowest BCUT2D eigenvalue weighted by Crippen LogP contribution is -2.29. The van der Waals surface area contributed by atoms with Crippen LogP contribution in [0.4, 0.5) is 26.3 Å². The summed E-state index contributed by atoms with van der Waals surface area (Å²) in [5.74, 6) is -0.168. The predicted octanol–water partition coefficient (Wildman–Crippen LogP) is 4.73. The Labute approximate surface area is 240 Å². The molecule has 1 unspecified atom stereocenters. The molecule has 9 nitrogen and oxygen atoms in total. The third kappa shape index (κ3) is 5.75. The highest BCUT2D eigenvalue weighted by atomic mass is 19.4. The molecule has 0 bridgehead atoms. The van der Waals surface area contributed by atoms with Crippen LogP contribution in [0.15, 0.2) is 41.7 Å². The topological polar surface area (TPSA) is 99.2 Å². The van der Waals surface area contributed by atoms with E-state index in [1.54, 1.807) is 13.1 Å². The van der Waals surface area contributed by atoms with Crippen molar-refractivity contribution in [1.82, 2.24) is 34.4 Å². The third-order valence-corrected chi connectivity index (χ3v) is 7.73. The fourth-order valence-electron chi connectivity index (χ4n) is 5.30. The van der Waals surface area contributed by atoms with Gasteiger partial charge in [0.25, 0.3) is 5.56 Å². The Morgan fingerprint density at radius 1 is 1.12 bits per heavy atom. The smallest absolute Gasteiger partial charge is 0.322 e.